The maximum atomic E-state index is 2.63. The molecule has 0 aromatic heterocycles. The molecular weight excluding hydrogens is 655 g/mol. The summed E-state index contributed by atoms with van der Waals surface area (Å²) in [6.45, 7) is 16.4. The van der Waals surface area contributed by atoms with Gasteiger partial charge in [-0.05, 0) is 38.5 Å². The highest BCUT2D eigenvalue weighted by atomic mass is 15.4. The van der Waals surface area contributed by atoms with Crippen molar-refractivity contribution in [2.24, 2.45) is 0 Å². The average Bonchev–Trinajstić information content (AvgIpc) is 3.15. The third-order valence-corrected chi connectivity index (χ3v) is 13.3. The molecule has 0 aliphatic carbocycles. The highest BCUT2D eigenvalue weighted by Gasteiger charge is 2.29. The molecule has 0 saturated carbocycles. The summed E-state index contributed by atoms with van der Waals surface area (Å²) in [4.78, 5) is 0. The second-order valence-corrected chi connectivity index (χ2v) is 20.2. The minimum atomic E-state index is 1.21. The lowest BCUT2D eigenvalue weighted by molar-refractivity contribution is -0.977. The fourth-order valence-corrected chi connectivity index (χ4v) is 8.68. The molecule has 0 aromatic carbocycles. The quantitative estimate of drug-likeness (QED) is 0.0428. The number of nitrogens with zero attached hydrogens (tertiary/aromatic N) is 3. The van der Waals surface area contributed by atoms with E-state index >= 15 is 0 Å². The molecule has 326 valence electrons. The molecule has 0 fully saturated rings. The largest absolute Gasteiger partial charge is 0.324 e. The predicted molar refractivity (Wildman–Crippen MR) is 248 cm³/mol. The molecule has 0 saturated heterocycles. The number of likely N-dealkylation sites (N-methyl/N-ethyl adjacent to an activating group) is 3. The van der Waals surface area contributed by atoms with Crippen LogP contribution in [0.4, 0.5) is 0 Å². The van der Waals surface area contributed by atoms with E-state index in [1.54, 1.807) is 0 Å². The van der Waals surface area contributed by atoms with E-state index in [2.05, 4.69) is 56.0 Å². The molecule has 3 heteroatoms. The van der Waals surface area contributed by atoms with Crippen molar-refractivity contribution in [3.8, 4) is 0 Å². The molecule has 0 bridgehead atoms. The maximum absolute atomic E-state index is 2.63. The summed E-state index contributed by atoms with van der Waals surface area (Å²) in [5.41, 5.74) is 0. The van der Waals surface area contributed by atoms with Crippen molar-refractivity contribution in [1.82, 2.24) is 0 Å². The van der Waals surface area contributed by atoms with Crippen LogP contribution < -0.4 is 0 Å². The van der Waals surface area contributed by atoms with Gasteiger partial charge in [-0.25, -0.2) is 0 Å². The third-order valence-electron chi connectivity index (χ3n) is 13.3. The average molecular weight is 765 g/mol. The van der Waals surface area contributed by atoms with E-state index in [9.17, 15) is 0 Å². The van der Waals surface area contributed by atoms with Crippen LogP contribution >= 0.6 is 0 Å². The molecule has 0 aromatic rings. The number of quaternary nitrogens is 3. The van der Waals surface area contributed by atoms with Crippen molar-refractivity contribution in [3.05, 3.63) is 0 Å². The lowest BCUT2D eigenvalue weighted by Gasteiger charge is -2.40. The van der Waals surface area contributed by atoms with Crippen LogP contribution in [0.15, 0.2) is 0 Å². The standard InChI is InChI=1S/C51H110N3/c1-9-12-15-18-21-24-27-30-33-36-39-42-45-52(4,5)48-50-54(8,47-44-41-38-35-32-29-26-23-20-17-14-11-3)51-49-53(6,7)46-43-40-37-34-31-28-25-22-19-16-13-10-2/h9-51H2,1-8H3/q+3. The van der Waals surface area contributed by atoms with Crippen LogP contribution in [0.2, 0.25) is 0 Å². The van der Waals surface area contributed by atoms with Crippen molar-refractivity contribution in [3.63, 3.8) is 0 Å². The summed E-state index contributed by atoms with van der Waals surface area (Å²) in [6.07, 6.45) is 52.1. The Kier molecular flexibility index (Phi) is 38.3. The van der Waals surface area contributed by atoms with Crippen LogP contribution in [0.3, 0.4) is 0 Å². The van der Waals surface area contributed by atoms with E-state index in [0.29, 0.717) is 0 Å². The van der Waals surface area contributed by atoms with Crippen molar-refractivity contribution in [2.45, 2.75) is 252 Å². The van der Waals surface area contributed by atoms with E-state index in [4.69, 9.17) is 0 Å². The summed E-state index contributed by atoms with van der Waals surface area (Å²) in [6, 6.07) is 0. The van der Waals surface area contributed by atoms with Crippen LogP contribution in [0.25, 0.3) is 0 Å². The Morgan fingerprint density at radius 2 is 0.370 bits per heavy atom. The molecule has 0 amide bonds. The van der Waals surface area contributed by atoms with Crippen LogP contribution in [0.5, 0.6) is 0 Å². The van der Waals surface area contributed by atoms with Crippen molar-refractivity contribution in [1.29, 1.82) is 0 Å². The zero-order valence-electron chi connectivity index (χ0n) is 39.7. The first-order valence-electron chi connectivity index (χ1n) is 25.6. The lowest BCUT2D eigenvalue weighted by atomic mass is 10.0. The maximum Gasteiger partial charge on any atom is 0.128 e. The van der Waals surface area contributed by atoms with Crippen LogP contribution in [0.1, 0.15) is 252 Å². The zero-order valence-corrected chi connectivity index (χ0v) is 39.7. The van der Waals surface area contributed by atoms with Gasteiger partial charge in [-0.15, -0.1) is 0 Å². The number of hydrogen-bond donors (Lipinski definition) is 0. The second-order valence-electron chi connectivity index (χ2n) is 20.2. The van der Waals surface area contributed by atoms with Gasteiger partial charge in [0.05, 0.1) is 54.9 Å². The van der Waals surface area contributed by atoms with E-state index in [1.165, 1.54) is 290 Å². The van der Waals surface area contributed by atoms with Gasteiger partial charge >= 0.3 is 0 Å². The van der Waals surface area contributed by atoms with Gasteiger partial charge in [-0.1, -0.05) is 213 Å². The Morgan fingerprint density at radius 3 is 0.593 bits per heavy atom. The van der Waals surface area contributed by atoms with Gasteiger partial charge in [0.2, 0.25) is 0 Å². The van der Waals surface area contributed by atoms with Crippen molar-refractivity contribution < 1.29 is 13.4 Å². The molecule has 0 aliphatic heterocycles. The number of hydrogen-bond acceptors (Lipinski definition) is 0. The van der Waals surface area contributed by atoms with E-state index in [-0.39, 0.29) is 0 Å². The van der Waals surface area contributed by atoms with Gasteiger partial charge in [0.25, 0.3) is 0 Å². The zero-order chi connectivity index (χ0) is 39.9. The first kappa shape index (κ1) is 53.9. The van der Waals surface area contributed by atoms with Gasteiger partial charge in [0.1, 0.15) is 26.2 Å². The summed E-state index contributed by atoms with van der Waals surface area (Å²) in [5, 5.41) is 0. The fourth-order valence-electron chi connectivity index (χ4n) is 8.68. The molecule has 0 aliphatic rings. The molecule has 0 spiro atoms. The van der Waals surface area contributed by atoms with E-state index in [0.717, 1.165) is 0 Å². The molecule has 0 radical (unpaired) electrons. The molecule has 0 heterocycles. The summed E-state index contributed by atoms with van der Waals surface area (Å²) < 4.78 is 3.71. The Balaban J connectivity index is 4.57. The molecular formula is C51H110N3+3. The molecule has 0 N–H and O–H groups in total. The topological polar surface area (TPSA) is 0 Å². The summed E-state index contributed by atoms with van der Waals surface area (Å²) >= 11 is 0. The highest BCUT2D eigenvalue weighted by Crippen LogP contribution is 2.18. The Bertz CT molecular complexity index is 686. The summed E-state index contributed by atoms with van der Waals surface area (Å²) in [7, 11) is 12.7. The van der Waals surface area contributed by atoms with Gasteiger partial charge in [0, 0.05) is 0 Å². The third kappa shape index (κ3) is 38.7. The monoisotopic (exact) mass is 765 g/mol. The number of rotatable bonds is 45. The van der Waals surface area contributed by atoms with Crippen molar-refractivity contribution in [2.75, 3.05) is 81.1 Å². The van der Waals surface area contributed by atoms with E-state index in [1.807, 2.05) is 0 Å². The van der Waals surface area contributed by atoms with Gasteiger partial charge < -0.3 is 13.4 Å². The van der Waals surface area contributed by atoms with Crippen LogP contribution in [-0.2, 0) is 0 Å². The molecule has 3 nitrogen and oxygen atoms in total. The Labute approximate surface area is 345 Å². The van der Waals surface area contributed by atoms with Crippen molar-refractivity contribution >= 4 is 0 Å². The smallest absolute Gasteiger partial charge is 0.128 e. The lowest BCUT2D eigenvalue weighted by Crippen LogP contribution is -2.57. The Hall–Kier alpha value is -0.120. The van der Waals surface area contributed by atoms with E-state index < -0.39 is 0 Å². The SMILES string of the molecule is CCCCCCCCCCCCCC[N+](C)(C)CC[N+](C)(CCCCCCCCCCCCCC)CC[N+](C)(C)CCCCCCCCCCCCCC. The molecule has 0 unspecified atom stereocenters. The van der Waals surface area contributed by atoms with Crippen LogP contribution in [-0.4, -0.2) is 94.5 Å². The normalized spacial score (nSPS) is 12.7. The first-order chi connectivity index (χ1) is 26.1. The molecule has 0 atom stereocenters. The molecule has 0 rings (SSSR count). The first-order valence-corrected chi connectivity index (χ1v) is 25.6. The minimum absolute atomic E-state index is 1.21. The highest BCUT2D eigenvalue weighted by molar-refractivity contribution is 4.53. The Morgan fingerprint density at radius 1 is 0.185 bits per heavy atom. The second kappa shape index (κ2) is 38.4. The number of unbranched alkanes of at least 4 members (excludes halogenated alkanes) is 33. The van der Waals surface area contributed by atoms with Gasteiger partial charge in [0.15, 0.2) is 0 Å². The van der Waals surface area contributed by atoms with Gasteiger partial charge in [-0.2, -0.15) is 0 Å². The minimum Gasteiger partial charge on any atom is -0.324 e. The predicted octanol–water partition coefficient (Wildman–Crippen LogP) is 15.7. The molecule has 54 heavy (non-hydrogen) atoms. The fraction of sp³-hybridized carbons (Fsp3) is 1.00. The van der Waals surface area contributed by atoms with Crippen LogP contribution in [0, 0.1) is 0 Å². The summed E-state index contributed by atoms with van der Waals surface area (Å²) in [5.74, 6) is 0. The van der Waals surface area contributed by atoms with Gasteiger partial charge in [-0.3, -0.25) is 0 Å².